The van der Waals surface area contributed by atoms with Crippen LogP contribution in [0.4, 0.5) is 0 Å². The SMILES string of the molecule is N[13C](=O)[13CH2]I. The highest BCUT2D eigenvalue weighted by atomic mass is 127. The van der Waals surface area contributed by atoms with Crippen LogP contribution in [-0.4, -0.2) is 10.3 Å². The molecule has 0 aromatic carbocycles. The number of halogens is 1. The zero-order valence-corrected chi connectivity index (χ0v) is 4.73. The molecule has 0 atom stereocenters. The molecule has 0 aliphatic carbocycles. The molecule has 0 aromatic rings. The van der Waals surface area contributed by atoms with Gasteiger partial charge in [0.25, 0.3) is 0 Å². The van der Waals surface area contributed by atoms with E-state index in [4.69, 9.17) is 0 Å². The van der Waals surface area contributed by atoms with Gasteiger partial charge < -0.3 is 5.73 Å². The third kappa shape index (κ3) is 4.20. The quantitative estimate of drug-likeness (QED) is 0.347. The minimum atomic E-state index is -0.259. The lowest BCUT2D eigenvalue weighted by atomic mass is 11.7. The Morgan fingerprint density at radius 1 is 2.00 bits per heavy atom. The molecule has 30 valence electrons. The van der Waals surface area contributed by atoms with Gasteiger partial charge in [0.1, 0.15) is 0 Å². The first-order valence-corrected chi connectivity index (χ1v) is 2.64. The summed E-state index contributed by atoms with van der Waals surface area (Å²) in [6.45, 7) is 0. The molecule has 2 N–H and O–H groups in total. The van der Waals surface area contributed by atoms with Crippen molar-refractivity contribution in [2.45, 2.75) is 0 Å². The van der Waals surface area contributed by atoms with Gasteiger partial charge in [0.15, 0.2) is 0 Å². The highest BCUT2D eigenvalue weighted by Gasteiger charge is 1.79. The minimum Gasteiger partial charge on any atom is -0.369 e. The third-order valence-electron chi connectivity index (χ3n) is 0.132. The molecule has 0 aliphatic heterocycles. The summed E-state index contributed by atoms with van der Waals surface area (Å²) in [6.07, 6.45) is 0. The van der Waals surface area contributed by atoms with Crippen LogP contribution >= 0.6 is 22.6 Å². The third-order valence-corrected chi connectivity index (χ3v) is 0.884. The van der Waals surface area contributed by atoms with Gasteiger partial charge in [0.2, 0.25) is 5.91 Å². The van der Waals surface area contributed by atoms with Crippen LogP contribution in [-0.2, 0) is 4.79 Å². The van der Waals surface area contributed by atoms with Crippen LogP contribution in [0.25, 0.3) is 0 Å². The number of primary amides is 1. The fourth-order valence-electron chi connectivity index (χ4n) is 0. The average Bonchev–Trinajstić information content (AvgIpc) is 1.38. The van der Waals surface area contributed by atoms with Crippen molar-refractivity contribution in [3.63, 3.8) is 0 Å². The molecule has 0 unspecified atom stereocenters. The second-order valence-electron chi connectivity index (χ2n) is 0.600. The Hall–Kier alpha value is 0.200. The predicted octanol–water partition coefficient (Wildman–Crippen LogP) is -0.0933. The van der Waals surface area contributed by atoms with E-state index in [1.807, 2.05) is 22.6 Å². The second-order valence-corrected chi connectivity index (χ2v) is 1.36. The second kappa shape index (κ2) is 2.44. The highest BCUT2D eigenvalue weighted by molar-refractivity contribution is 14.1. The monoisotopic (exact) mass is 187 g/mol. The lowest BCUT2D eigenvalue weighted by Gasteiger charge is -1.71. The summed E-state index contributed by atoms with van der Waals surface area (Å²) in [5, 5.41) is 0. The Labute approximate surface area is 43.9 Å². The molecular weight excluding hydrogens is 183 g/mol. The van der Waals surface area contributed by atoms with Crippen molar-refractivity contribution in [3.05, 3.63) is 0 Å². The fraction of sp³-hybridized carbons (Fsp3) is 0.500. The number of carbonyl (C=O) groups is 1. The van der Waals surface area contributed by atoms with Gasteiger partial charge >= 0.3 is 0 Å². The van der Waals surface area contributed by atoms with Crippen molar-refractivity contribution in [2.75, 3.05) is 4.43 Å². The van der Waals surface area contributed by atoms with Crippen molar-refractivity contribution >= 4 is 28.5 Å². The summed E-state index contributed by atoms with van der Waals surface area (Å²) in [5.74, 6) is -0.259. The van der Waals surface area contributed by atoms with E-state index in [0.29, 0.717) is 4.43 Å². The van der Waals surface area contributed by atoms with Gasteiger partial charge in [-0.1, -0.05) is 22.6 Å². The topological polar surface area (TPSA) is 43.1 Å². The lowest BCUT2D eigenvalue weighted by molar-refractivity contribution is -0.115. The van der Waals surface area contributed by atoms with E-state index in [9.17, 15) is 4.79 Å². The lowest BCUT2D eigenvalue weighted by Crippen LogP contribution is -2.10. The average molecular weight is 187 g/mol. The van der Waals surface area contributed by atoms with Crippen LogP contribution in [0.15, 0.2) is 0 Å². The molecule has 0 aromatic heterocycles. The van der Waals surface area contributed by atoms with Gasteiger partial charge in [-0.25, -0.2) is 0 Å². The predicted molar refractivity (Wildman–Crippen MR) is 28.1 cm³/mol. The summed E-state index contributed by atoms with van der Waals surface area (Å²) in [7, 11) is 0. The van der Waals surface area contributed by atoms with E-state index in [1.54, 1.807) is 0 Å². The number of hydrogen-bond donors (Lipinski definition) is 1. The van der Waals surface area contributed by atoms with Crippen molar-refractivity contribution in [2.24, 2.45) is 5.73 Å². The zero-order valence-electron chi connectivity index (χ0n) is 2.57. The van der Waals surface area contributed by atoms with Crippen LogP contribution in [0, 0.1) is 0 Å². The molecule has 0 rings (SSSR count). The van der Waals surface area contributed by atoms with Gasteiger partial charge in [0.05, 0.1) is 4.43 Å². The molecule has 5 heavy (non-hydrogen) atoms. The molecule has 0 radical (unpaired) electrons. The van der Waals surface area contributed by atoms with E-state index < -0.39 is 0 Å². The molecule has 0 aliphatic rings. The minimum absolute atomic E-state index is 0.259. The van der Waals surface area contributed by atoms with E-state index in [0.717, 1.165) is 0 Å². The van der Waals surface area contributed by atoms with E-state index in [1.165, 1.54) is 0 Å². The van der Waals surface area contributed by atoms with Gasteiger partial charge in [-0.05, 0) is 0 Å². The molecule has 0 heterocycles. The largest absolute Gasteiger partial charge is 0.369 e. The number of alkyl halides is 1. The molecule has 2 nitrogen and oxygen atoms in total. The molecule has 0 fully saturated rings. The Bertz CT molecular complexity index is 44.9. The van der Waals surface area contributed by atoms with Crippen LogP contribution in [0.1, 0.15) is 0 Å². The van der Waals surface area contributed by atoms with Gasteiger partial charge in [0, 0.05) is 0 Å². The first-order chi connectivity index (χ1) is 2.27. The first kappa shape index (κ1) is 5.20. The van der Waals surface area contributed by atoms with Crippen LogP contribution < -0.4 is 5.73 Å². The molecule has 0 saturated carbocycles. The normalized spacial score (nSPS) is 7.40. The standard InChI is InChI=1S/C2H4INO/c3-1-2(4)5/h1H2,(H2,4,5)/i1+1,2+1. The van der Waals surface area contributed by atoms with Gasteiger partial charge in [-0.3, -0.25) is 4.79 Å². The number of amides is 1. The molecule has 1 amide bonds. The number of rotatable bonds is 1. The van der Waals surface area contributed by atoms with Crippen molar-refractivity contribution in [1.82, 2.24) is 0 Å². The smallest absolute Gasteiger partial charge is 0.227 e. The number of carbonyl (C=O) groups excluding carboxylic acids is 1. The number of nitrogens with two attached hydrogens (primary N) is 1. The first-order valence-electron chi connectivity index (χ1n) is 1.11. The Kier molecular flexibility index (Phi) is 2.54. The summed E-state index contributed by atoms with van der Waals surface area (Å²) >= 11 is 1.90. The van der Waals surface area contributed by atoms with Crippen LogP contribution in [0.3, 0.4) is 0 Å². The summed E-state index contributed by atoms with van der Waals surface area (Å²) < 4.78 is 0.414. The summed E-state index contributed by atoms with van der Waals surface area (Å²) in [5.41, 5.74) is 4.65. The van der Waals surface area contributed by atoms with Gasteiger partial charge in [-0.2, -0.15) is 0 Å². The Morgan fingerprint density at radius 2 is 2.20 bits per heavy atom. The highest BCUT2D eigenvalue weighted by Crippen LogP contribution is 1.72. The number of hydrogen-bond acceptors (Lipinski definition) is 1. The molecule has 3 heteroatoms. The Morgan fingerprint density at radius 3 is 2.20 bits per heavy atom. The molecule has 0 spiro atoms. The summed E-state index contributed by atoms with van der Waals surface area (Å²) in [4.78, 5) is 9.58. The maximum absolute atomic E-state index is 9.58. The van der Waals surface area contributed by atoms with Crippen molar-refractivity contribution in [3.8, 4) is 0 Å². The van der Waals surface area contributed by atoms with E-state index >= 15 is 0 Å². The van der Waals surface area contributed by atoms with Crippen molar-refractivity contribution in [1.29, 1.82) is 0 Å². The maximum Gasteiger partial charge on any atom is 0.227 e. The van der Waals surface area contributed by atoms with Crippen LogP contribution in [0.2, 0.25) is 0 Å². The molecule has 0 saturated heterocycles. The Balaban J connectivity index is 2.85. The molecular formula is C2H4INO. The van der Waals surface area contributed by atoms with E-state index in [2.05, 4.69) is 5.73 Å². The maximum atomic E-state index is 9.58. The summed E-state index contributed by atoms with van der Waals surface area (Å²) in [6, 6.07) is 0. The van der Waals surface area contributed by atoms with Crippen LogP contribution in [0.5, 0.6) is 0 Å². The zero-order chi connectivity index (χ0) is 4.28. The van der Waals surface area contributed by atoms with E-state index in [-0.39, 0.29) is 5.91 Å². The fourth-order valence-corrected chi connectivity index (χ4v) is 0. The van der Waals surface area contributed by atoms with Gasteiger partial charge in [-0.15, -0.1) is 0 Å². The van der Waals surface area contributed by atoms with Crippen molar-refractivity contribution < 1.29 is 4.79 Å². The molecule has 0 bridgehead atoms.